The number of rotatable bonds is 9. The lowest BCUT2D eigenvalue weighted by molar-refractivity contribution is -0.122. The highest BCUT2D eigenvalue weighted by Crippen LogP contribution is 2.26. The second-order valence-corrected chi connectivity index (χ2v) is 6.99. The molecule has 1 saturated carbocycles. The molecule has 1 amide bonds. The second kappa shape index (κ2) is 8.47. The highest BCUT2D eigenvalue weighted by Gasteiger charge is 2.29. The standard InChI is InChI=1S/C20H28N4O2/c1-15-19(12-21-20(26)14-23(10-11-25)18-8-9-18)16(2)24(22-15)13-17-6-4-3-5-7-17/h3-7,18,25H,8-14H2,1-2H3,(H,21,26). The predicted molar refractivity (Wildman–Crippen MR) is 101 cm³/mol. The molecule has 1 aromatic carbocycles. The summed E-state index contributed by atoms with van der Waals surface area (Å²) in [5, 5.41) is 16.8. The molecule has 2 aromatic rings. The number of carbonyl (C=O) groups is 1. The molecule has 140 valence electrons. The van der Waals surface area contributed by atoms with Gasteiger partial charge in [0, 0.05) is 30.4 Å². The van der Waals surface area contributed by atoms with Gasteiger partial charge in [0.05, 0.1) is 25.4 Å². The lowest BCUT2D eigenvalue weighted by Gasteiger charge is -2.20. The molecule has 0 radical (unpaired) electrons. The van der Waals surface area contributed by atoms with Crippen LogP contribution in [0.2, 0.25) is 0 Å². The number of nitrogens with zero attached hydrogens (tertiary/aromatic N) is 3. The van der Waals surface area contributed by atoms with E-state index >= 15 is 0 Å². The van der Waals surface area contributed by atoms with Crippen LogP contribution < -0.4 is 5.32 Å². The van der Waals surface area contributed by atoms with Crippen molar-refractivity contribution in [3.63, 3.8) is 0 Å². The van der Waals surface area contributed by atoms with Crippen LogP contribution in [-0.4, -0.2) is 51.4 Å². The van der Waals surface area contributed by atoms with Crippen LogP contribution >= 0.6 is 0 Å². The summed E-state index contributed by atoms with van der Waals surface area (Å²) in [6, 6.07) is 10.7. The Morgan fingerprint density at radius 2 is 2.04 bits per heavy atom. The molecule has 0 aliphatic heterocycles. The van der Waals surface area contributed by atoms with Crippen molar-refractivity contribution in [2.24, 2.45) is 0 Å². The first-order chi connectivity index (χ1) is 12.6. The lowest BCUT2D eigenvalue weighted by atomic mass is 10.2. The minimum absolute atomic E-state index is 0.0000376. The van der Waals surface area contributed by atoms with E-state index in [-0.39, 0.29) is 12.5 Å². The van der Waals surface area contributed by atoms with Crippen LogP contribution in [0.3, 0.4) is 0 Å². The summed E-state index contributed by atoms with van der Waals surface area (Å²) in [4.78, 5) is 14.4. The predicted octanol–water partition coefficient (Wildman–Crippen LogP) is 1.62. The van der Waals surface area contributed by atoms with Gasteiger partial charge in [0.2, 0.25) is 5.91 Å². The highest BCUT2D eigenvalue weighted by molar-refractivity contribution is 5.78. The number of aliphatic hydroxyl groups is 1. The fourth-order valence-electron chi connectivity index (χ4n) is 3.29. The molecule has 1 aliphatic rings. The van der Waals surface area contributed by atoms with Gasteiger partial charge in [0.1, 0.15) is 0 Å². The molecule has 3 rings (SSSR count). The molecule has 1 aromatic heterocycles. The van der Waals surface area contributed by atoms with Gasteiger partial charge in [0.15, 0.2) is 0 Å². The van der Waals surface area contributed by atoms with E-state index in [0.29, 0.717) is 25.7 Å². The number of hydrogen-bond donors (Lipinski definition) is 2. The average molecular weight is 356 g/mol. The van der Waals surface area contributed by atoms with Crippen molar-refractivity contribution >= 4 is 5.91 Å². The zero-order valence-electron chi connectivity index (χ0n) is 15.6. The van der Waals surface area contributed by atoms with Crippen molar-refractivity contribution in [2.45, 2.75) is 45.8 Å². The minimum atomic E-state index is -0.0000376. The maximum atomic E-state index is 12.3. The Labute approximate surface area is 154 Å². The molecule has 0 saturated heterocycles. The maximum Gasteiger partial charge on any atom is 0.234 e. The molecule has 1 fully saturated rings. The topological polar surface area (TPSA) is 70.4 Å². The normalized spacial score (nSPS) is 14.0. The van der Waals surface area contributed by atoms with Crippen LogP contribution in [0.4, 0.5) is 0 Å². The van der Waals surface area contributed by atoms with Crippen molar-refractivity contribution in [3.8, 4) is 0 Å². The van der Waals surface area contributed by atoms with Crippen LogP contribution in [0.5, 0.6) is 0 Å². The van der Waals surface area contributed by atoms with Crippen LogP contribution in [-0.2, 0) is 17.9 Å². The van der Waals surface area contributed by atoms with E-state index in [4.69, 9.17) is 5.11 Å². The van der Waals surface area contributed by atoms with Crippen molar-refractivity contribution in [1.29, 1.82) is 0 Å². The van der Waals surface area contributed by atoms with Crippen molar-refractivity contribution in [3.05, 3.63) is 52.8 Å². The van der Waals surface area contributed by atoms with E-state index in [9.17, 15) is 4.79 Å². The molecule has 1 aliphatic carbocycles. The summed E-state index contributed by atoms with van der Waals surface area (Å²) in [5.74, 6) is -0.0000376. The first-order valence-corrected chi connectivity index (χ1v) is 9.27. The minimum Gasteiger partial charge on any atom is -0.395 e. The largest absolute Gasteiger partial charge is 0.395 e. The Balaban J connectivity index is 1.58. The number of hydrogen-bond acceptors (Lipinski definition) is 4. The Bertz CT molecular complexity index is 738. The van der Waals surface area contributed by atoms with Crippen LogP contribution in [0.15, 0.2) is 30.3 Å². The number of aromatic nitrogens is 2. The third kappa shape index (κ3) is 4.71. The number of aliphatic hydroxyl groups excluding tert-OH is 1. The molecular weight excluding hydrogens is 328 g/mol. The summed E-state index contributed by atoms with van der Waals surface area (Å²) >= 11 is 0. The smallest absolute Gasteiger partial charge is 0.234 e. The Kier molecular flexibility index (Phi) is 6.06. The lowest BCUT2D eigenvalue weighted by Crippen LogP contribution is -2.39. The molecule has 2 N–H and O–H groups in total. The fraction of sp³-hybridized carbons (Fsp3) is 0.500. The molecule has 0 spiro atoms. The monoisotopic (exact) mass is 356 g/mol. The van der Waals surface area contributed by atoms with Gasteiger partial charge < -0.3 is 10.4 Å². The number of nitrogens with one attached hydrogen (secondary N) is 1. The Hall–Kier alpha value is -2.18. The second-order valence-electron chi connectivity index (χ2n) is 6.99. The molecule has 0 atom stereocenters. The first kappa shape index (κ1) is 18.6. The van der Waals surface area contributed by atoms with E-state index < -0.39 is 0 Å². The van der Waals surface area contributed by atoms with E-state index in [1.807, 2.05) is 36.7 Å². The van der Waals surface area contributed by atoms with Gasteiger partial charge in [-0.1, -0.05) is 30.3 Å². The molecular formula is C20H28N4O2. The fourth-order valence-corrected chi connectivity index (χ4v) is 3.29. The maximum absolute atomic E-state index is 12.3. The van der Waals surface area contributed by atoms with Gasteiger partial charge >= 0.3 is 0 Å². The molecule has 0 bridgehead atoms. The highest BCUT2D eigenvalue weighted by atomic mass is 16.3. The summed E-state index contributed by atoms with van der Waals surface area (Å²) in [6.07, 6.45) is 2.25. The quantitative estimate of drug-likeness (QED) is 0.716. The van der Waals surface area contributed by atoms with E-state index in [2.05, 4.69) is 27.4 Å². The third-order valence-electron chi connectivity index (χ3n) is 4.97. The van der Waals surface area contributed by atoms with Gasteiger partial charge in [-0.2, -0.15) is 5.10 Å². The number of amides is 1. The Morgan fingerprint density at radius 1 is 1.31 bits per heavy atom. The average Bonchev–Trinajstić information content (AvgIpc) is 3.43. The SMILES string of the molecule is Cc1nn(Cc2ccccc2)c(C)c1CNC(=O)CN(CCO)C1CC1. The molecule has 26 heavy (non-hydrogen) atoms. The third-order valence-corrected chi connectivity index (χ3v) is 4.97. The summed E-state index contributed by atoms with van der Waals surface area (Å²) in [5.41, 5.74) is 4.32. The van der Waals surface area contributed by atoms with E-state index in [0.717, 1.165) is 36.3 Å². The summed E-state index contributed by atoms with van der Waals surface area (Å²) < 4.78 is 1.99. The number of aryl methyl sites for hydroxylation is 1. The number of benzene rings is 1. The molecule has 6 nitrogen and oxygen atoms in total. The van der Waals surface area contributed by atoms with Crippen molar-refractivity contribution in [2.75, 3.05) is 19.7 Å². The number of carbonyl (C=O) groups excluding carboxylic acids is 1. The zero-order chi connectivity index (χ0) is 18.5. The summed E-state index contributed by atoms with van der Waals surface area (Å²) in [7, 11) is 0. The molecule has 0 unspecified atom stereocenters. The van der Waals surface area contributed by atoms with Gasteiger partial charge in [-0.25, -0.2) is 0 Å². The zero-order valence-corrected chi connectivity index (χ0v) is 15.6. The van der Waals surface area contributed by atoms with Gasteiger partial charge in [0.25, 0.3) is 0 Å². The van der Waals surface area contributed by atoms with Crippen LogP contribution in [0.25, 0.3) is 0 Å². The Morgan fingerprint density at radius 3 is 2.69 bits per heavy atom. The van der Waals surface area contributed by atoms with Crippen molar-refractivity contribution in [1.82, 2.24) is 20.0 Å². The summed E-state index contributed by atoms with van der Waals surface area (Å²) in [6.45, 7) is 6.25. The molecule has 6 heteroatoms. The van der Waals surface area contributed by atoms with E-state index in [1.54, 1.807) is 0 Å². The molecule has 1 heterocycles. The van der Waals surface area contributed by atoms with E-state index in [1.165, 1.54) is 5.56 Å². The van der Waals surface area contributed by atoms with Gasteiger partial charge in [-0.05, 0) is 32.3 Å². The van der Waals surface area contributed by atoms with Gasteiger partial charge in [-0.3, -0.25) is 14.4 Å². The van der Waals surface area contributed by atoms with Crippen LogP contribution in [0, 0.1) is 13.8 Å². The van der Waals surface area contributed by atoms with Crippen molar-refractivity contribution < 1.29 is 9.90 Å². The first-order valence-electron chi connectivity index (χ1n) is 9.27. The van der Waals surface area contributed by atoms with Gasteiger partial charge in [-0.15, -0.1) is 0 Å². The van der Waals surface area contributed by atoms with Crippen LogP contribution in [0.1, 0.15) is 35.4 Å².